The Morgan fingerprint density at radius 1 is 0.375 bits per heavy atom. The maximum Gasteiger partial charge on any atom is 0.111 e. The Morgan fingerprint density at radius 2 is 0.750 bits per heavy atom. The summed E-state index contributed by atoms with van der Waals surface area (Å²) in [5.41, 5.74) is 3.93. The van der Waals surface area contributed by atoms with E-state index >= 15 is 0 Å². The number of fused-ring (bicyclic) bond motifs is 2. The molecule has 0 unspecified atom stereocenters. The van der Waals surface area contributed by atoms with Crippen molar-refractivity contribution in [1.82, 2.24) is 0 Å². The van der Waals surface area contributed by atoms with Crippen molar-refractivity contribution in [2.24, 2.45) is 0 Å². The van der Waals surface area contributed by atoms with Crippen molar-refractivity contribution in [3.63, 3.8) is 0 Å². The van der Waals surface area contributed by atoms with E-state index in [0.29, 0.717) is 13.2 Å². The number of aliphatic hydroxyl groups is 2. The van der Waals surface area contributed by atoms with Crippen molar-refractivity contribution in [3.8, 4) is 0 Å². The number of benzene rings is 6. The molecule has 0 aromatic heterocycles. The average molecular weight is 643 g/mol. The first-order chi connectivity index (χ1) is 23.6. The van der Waals surface area contributed by atoms with Crippen LogP contribution < -0.4 is 0 Å². The molecule has 48 heavy (non-hydrogen) atoms. The molecule has 6 heteroatoms. The predicted molar refractivity (Wildman–Crippen MR) is 189 cm³/mol. The molecule has 0 amide bonds. The molecule has 0 heterocycles. The van der Waals surface area contributed by atoms with Crippen LogP contribution in [-0.2, 0) is 45.4 Å². The lowest BCUT2D eigenvalue weighted by Gasteiger charge is -2.32. The predicted octanol–water partition coefficient (Wildman–Crippen LogP) is 7.62. The topological polar surface area (TPSA) is 77.4 Å². The van der Waals surface area contributed by atoms with Crippen LogP contribution in [0.5, 0.6) is 0 Å². The lowest BCUT2D eigenvalue weighted by atomic mass is 10.0. The van der Waals surface area contributed by atoms with Gasteiger partial charge in [-0.05, 0) is 55.9 Å². The van der Waals surface area contributed by atoms with E-state index in [2.05, 4.69) is 48.5 Å². The van der Waals surface area contributed by atoms with Gasteiger partial charge in [0.1, 0.15) is 24.4 Å². The number of hydrogen-bond donors (Lipinski definition) is 2. The van der Waals surface area contributed by atoms with Crippen LogP contribution in [0.4, 0.5) is 0 Å². The molecule has 6 aromatic carbocycles. The Kier molecular flexibility index (Phi) is 12.0. The van der Waals surface area contributed by atoms with Gasteiger partial charge in [-0.25, -0.2) is 0 Å². The maximum absolute atomic E-state index is 11.7. The third-order valence-electron chi connectivity index (χ3n) is 8.45. The summed E-state index contributed by atoms with van der Waals surface area (Å²) in [7, 11) is 0. The van der Waals surface area contributed by atoms with E-state index in [9.17, 15) is 10.2 Å². The van der Waals surface area contributed by atoms with E-state index in [1.807, 2.05) is 97.1 Å². The zero-order chi connectivity index (χ0) is 33.0. The average Bonchev–Trinajstić information content (AvgIpc) is 3.14. The Balaban J connectivity index is 1.17. The van der Waals surface area contributed by atoms with Gasteiger partial charge in [0.05, 0.1) is 39.6 Å². The molecule has 6 rings (SSSR count). The number of aliphatic hydroxyl groups excluding tert-OH is 2. The Bertz CT molecular complexity index is 1710. The normalized spacial score (nSPS) is 14.1. The SMILES string of the molecule is O[C@@H]([C@H](O)[C@@H](COCc1ccccc1)OCc1ccc2ccccc2c1)[C@@H](COCc1ccccc1)OCc1ccc2ccccc2c1. The van der Waals surface area contributed by atoms with Gasteiger partial charge in [0.2, 0.25) is 0 Å². The molecule has 4 atom stereocenters. The van der Waals surface area contributed by atoms with Crippen LogP contribution in [0, 0.1) is 0 Å². The maximum atomic E-state index is 11.7. The summed E-state index contributed by atoms with van der Waals surface area (Å²) in [5, 5.41) is 27.8. The lowest BCUT2D eigenvalue weighted by Crippen LogP contribution is -2.49. The van der Waals surface area contributed by atoms with Gasteiger partial charge in [0.25, 0.3) is 0 Å². The fourth-order valence-electron chi connectivity index (χ4n) is 5.73. The van der Waals surface area contributed by atoms with Crippen LogP contribution in [-0.4, -0.2) is 47.8 Å². The van der Waals surface area contributed by atoms with Gasteiger partial charge >= 0.3 is 0 Å². The minimum atomic E-state index is -1.32. The number of hydrogen-bond acceptors (Lipinski definition) is 6. The summed E-state index contributed by atoms with van der Waals surface area (Å²) in [4.78, 5) is 0. The Morgan fingerprint density at radius 3 is 1.17 bits per heavy atom. The van der Waals surface area contributed by atoms with Gasteiger partial charge in [0, 0.05) is 0 Å². The molecule has 0 aliphatic carbocycles. The lowest BCUT2D eigenvalue weighted by molar-refractivity contribution is -0.170. The fourth-order valence-corrected chi connectivity index (χ4v) is 5.73. The van der Waals surface area contributed by atoms with Gasteiger partial charge in [-0.15, -0.1) is 0 Å². The highest BCUT2D eigenvalue weighted by atomic mass is 16.6. The molecular formula is C42H42O6. The quantitative estimate of drug-likeness (QED) is 0.107. The molecular weight excluding hydrogens is 600 g/mol. The van der Waals surface area contributed by atoms with E-state index < -0.39 is 24.4 Å². The van der Waals surface area contributed by atoms with E-state index in [4.69, 9.17) is 18.9 Å². The van der Waals surface area contributed by atoms with Gasteiger partial charge in [-0.2, -0.15) is 0 Å². The highest BCUT2D eigenvalue weighted by Gasteiger charge is 2.34. The van der Waals surface area contributed by atoms with Crippen LogP contribution in [0.1, 0.15) is 22.3 Å². The molecule has 0 aliphatic rings. The van der Waals surface area contributed by atoms with Gasteiger partial charge < -0.3 is 29.2 Å². The van der Waals surface area contributed by atoms with Crippen molar-refractivity contribution in [1.29, 1.82) is 0 Å². The minimum Gasteiger partial charge on any atom is -0.388 e. The highest BCUT2D eigenvalue weighted by Crippen LogP contribution is 2.21. The largest absolute Gasteiger partial charge is 0.388 e. The monoisotopic (exact) mass is 642 g/mol. The van der Waals surface area contributed by atoms with Crippen LogP contribution in [0.25, 0.3) is 21.5 Å². The highest BCUT2D eigenvalue weighted by molar-refractivity contribution is 5.83. The molecule has 6 nitrogen and oxygen atoms in total. The Labute approximate surface area is 282 Å². The van der Waals surface area contributed by atoms with Crippen LogP contribution in [0.15, 0.2) is 146 Å². The van der Waals surface area contributed by atoms with E-state index in [-0.39, 0.29) is 26.4 Å². The summed E-state index contributed by atoms with van der Waals surface area (Å²) >= 11 is 0. The zero-order valence-electron chi connectivity index (χ0n) is 26.9. The standard InChI is InChI=1S/C42H42O6/c43-41(39(29-45-25-31-11-3-1-4-12-31)47-27-33-19-21-35-15-7-9-17-37(35)23-33)42(44)40(30-46-26-32-13-5-2-6-14-32)48-28-34-20-22-36-16-8-10-18-38(36)24-34/h1-24,39-44H,25-30H2/t39-,40-,41-,42-/m1/s1. The van der Waals surface area contributed by atoms with Crippen molar-refractivity contribution < 1.29 is 29.2 Å². The number of ether oxygens (including phenoxy) is 4. The fraction of sp³-hybridized carbons (Fsp3) is 0.238. The first kappa shape index (κ1) is 33.5. The Hall–Kier alpha value is -4.40. The van der Waals surface area contributed by atoms with Crippen molar-refractivity contribution in [2.75, 3.05) is 13.2 Å². The molecule has 0 bridgehead atoms. The second-order valence-electron chi connectivity index (χ2n) is 12.0. The molecule has 246 valence electrons. The zero-order valence-corrected chi connectivity index (χ0v) is 26.9. The van der Waals surface area contributed by atoms with Gasteiger partial charge in [0.15, 0.2) is 0 Å². The molecule has 2 N–H and O–H groups in total. The van der Waals surface area contributed by atoms with Crippen molar-refractivity contribution >= 4 is 21.5 Å². The molecule has 0 spiro atoms. The molecule has 0 radical (unpaired) electrons. The van der Waals surface area contributed by atoms with Crippen molar-refractivity contribution in [2.45, 2.75) is 50.8 Å². The molecule has 6 aromatic rings. The summed E-state index contributed by atoms with van der Waals surface area (Å²) in [6, 6.07) is 48.3. The van der Waals surface area contributed by atoms with E-state index in [1.165, 1.54) is 0 Å². The third kappa shape index (κ3) is 9.36. The smallest absolute Gasteiger partial charge is 0.111 e. The summed E-state index contributed by atoms with van der Waals surface area (Å²) in [6.45, 7) is 1.32. The molecule has 0 saturated carbocycles. The summed E-state index contributed by atoms with van der Waals surface area (Å²) < 4.78 is 24.7. The van der Waals surface area contributed by atoms with Crippen molar-refractivity contribution in [3.05, 3.63) is 168 Å². The van der Waals surface area contributed by atoms with Gasteiger partial charge in [-0.1, -0.05) is 133 Å². The minimum absolute atomic E-state index is 0.0724. The van der Waals surface area contributed by atoms with E-state index in [0.717, 1.165) is 43.8 Å². The first-order valence-corrected chi connectivity index (χ1v) is 16.4. The summed E-state index contributed by atoms with van der Waals surface area (Å²) in [6.07, 6.45) is -4.31. The van der Waals surface area contributed by atoms with E-state index in [1.54, 1.807) is 0 Å². The second-order valence-corrected chi connectivity index (χ2v) is 12.0. The molecule has 0 fully saturated rings. The van der Waals surface area contributed by atoms with Gasteiger partial charge in [-0.3, -0.25) is 0 Å². The third-order valence-corrected chi connectivity index (χ3v) is 8.45. The van der Waals surface area contributed by atoms with Crippen LogP contribution in [0.2, 0.25) is 0 Å². The molecule has 0 aliphatic heterocycles. The molecule has 0 saturated heterocycles. The number of rotatable bonds is 17. The van der Waals surface area contributed by atoms with Crippen LogP contribution in [0.3, 0.4) is 0 Å². The summed E-state index contributed by atoms with van der Waals surface area (Å²) in [5.74, 6) is 0. The first-order valence-electron chi connectivity index (χ1n) is 16.4. The van der Waals surface area contributed by atoms with Crippen LogP contribution >= 0.6 is 0 Å². The second kappa shape index (κ2) is 17.1.